The van der Waals surface area contributed by atoms with Gasteiger partial charge in [0.2, 0.25) is 5.82 Å². The predicted octanol–water partition coefficient (Wildman–Crippen LogP) is 1.68. The van der Waals surface area contributed by atoms with E-state index in [1.807, 2.05) is 42.5 Å². The van der Waals surface area contributed by atoms with Gasteiger partial charge in [0, 0.05) is 11.1 Å². The smallest absolute Gasteiger partial charge is 0.269 e. The molecule has 2 amide bonds. The fourth-order valence-corrected chi connectivity index (χ4v) is 3.25. The Morgan fingerprint density at radius 3 is 2.57 bits per heavy atom. The fourth-order valence-electron chi connectivity index (χ4n) is 3.25. The number of nitrogens with zero attached hydrogens (tertiary/aromatic N) is 4. The van der Waals surface area contributed by atoms with E-state index < -0.39 is 5.91 Å². The molecule has 1 aliphatic rings. The number of benzene rings is 2. The van der Waals surface area contributed by atoms with E-state index in [0.29, 0.717) is 11.4 Å². The van der Waals surface area contributed by atoms with Gasteiger partial charge < -0.3 is 0 Å². The molecule has 1 aromatic heterocycles. The Hall–Kier alpha value is -3.55. The number of carbonyl (C=O) groups is 2. The molecule has 0 saturated heterocycles. The maximum atomic E-state index is 12.3. The van der Waals surface area contributed by atoms with Gasteiger partial charge in [-0.25, -0.2) is 0 Å². The van der Waals surface area contributed by atoms with Crippen molar-refractivity contribution in [1.82, 2.24) is 31.1 Å². The Bertz CT molecular complexity index is 999. The van der Waals surface area contributed by atoms with Crippen LogP contribution in [0.3, 0.4) is 0 Å². The average molecular weight is 376 g/mol. The molecule has 1 heterocycles. The number of hydrogen-bond acceptors (Lipinski definition) is 5. The number of aromatic nitrogens is 4. The van der Waals surface area contributed by atoms with Gasteiger partial charge >= 0.3 is 0 Å². The summed E-state index contributed by atoms with van der Waals surface area (Å²) < 4.78 is 0. The number of hydrazine groups is 1. The summed E-state index contributed by atoms with van der Waals surface area (Å²) in [6.07, 6.45) is 4.38. The third-order valence-electron chi connectivity index (χ3n) is 4.70. The molecule has 1 aliphatic carbocycles. The van der Waals surface area contributed by atoms with Crippen molar-refractivity contribution in [3.8, 4) is 11.4 Å². The molecule has 0 saturated carbocycles. The van der Waals surface area contributed by atoms with Crippen LogP contribution in [0.25, 0.3) is 11.4 Å². The Morgan fingerprint density at radius 1 is 0.964 bits per heavy atom. The van der Waals surface area contributed by atoms with Crippen LogP contribution in [0.5, 0.6) is 0 Å². The lowest BCUT2D eigenvalue weighted by molar-refractivity contribution is -0.122. The van der Waals surface area contributed by atoms with Gasteiger partial charge in [-0.05, 0) is 54.2 Å². The van der Waals surface area contributed by atoms with Crippen LogP contribution in [0.15, 0.2) is 48.5 Å². The highest BCUT2D eigenvalue weighted by molar-refractivity contribution is 5.95. The Morgan fingerprint density at radius 2 is 1.75 bits per heavy atom. The van der Waals surface area contributed by atoms with Crippen LogP contribution >= 0.6 is 0 Å². The number of rotatable bonds is 4. The monoisotopic (exact) mass is 376 g/mol. The standard InChI is InChI=1S/C20H20N6O2/c27-18(13-26-24-19(22-25-26)15-7-2-1-3-8-15)21-23-20(28)17-11-10-14-6-4-5-9-16(14)12-17/h1-3,7-8,10-12H,4-6,9,13H2,(H,21,27)(H,23,28). The predicted molar refractivity (Wildman–Crippen MR) is 102 cm³/mol. The fraction of sp³-hybridized carbons (Fsp3) is 0.250. The number of nitrogens with one attached hydrogen (secondary N) is 2. The second-order valence-corrected chi connectivity index (χ2v) is 6.70. The number of amides is 2. The first-order valence-electron chi connectivity index (χ1n) is 9.23. The van der Waals surface area contributed by atoms with Crippen LogP contribution in [0.2, 0.25) is 0 Å². The Labute approximate surface area is 161 Å². The van der Waals surface area contributed by atoms with Gasteiger partial charge in [0.05, 0.1) is 0 Å². The first-order valence-corrected chi connectivity index (χ1v) is 9.23. The van der Waals surface area contributed by atoms with E-state index in [0.717, 1.165) is 24.8 Å². The third kappa shape index (κ3) is 4.06. The van der Waals surface area contributed by atoms with Crippen LogP contribution in [0, 0.1) is 0 Å². The number of fused-ring (bicyclic) bond motifs is 1. The normalized spacial score (nSPS) is 12.9. The van der Waals surface area contributed by atoms with Crippen molar-refractivity contribution in [2.75, 3.05) is 0 Å². The summed E-state index contributed by atoms with van der Waals surface area (Å²) >= 11 is 0. The molecule has 0 atom stereocenters. The quantitative estimate of drug-likeness (QED) is 0.675. The molecule has 8 heteroatoms. The summed E-state index contributed by atoms with van der Waals surface area (Å²) in [6.45, 7) is -0.149. The van der Waals surface area contributed by atoms with Crippen molar-refractivity contribution in [2.24, 2.45) is 0 Å². The first-order chi connectivity index (χ1) is 13.7. The second-order valence-electron chi connectivity index (χ2n) is 6.70. The van der Waals surface area contributed by atoms with E-state index in [1.54, 1.807) is 6.07 Å². The molecule has 142 valence electrons. The largest absolute Gasteiger partial charge is 0.271 e. The van der Waals surface area contributed by atoms with Crippen LogP contribution in [0.4, 0.5) is 0 Å². The Balaban J connectivity index is 1.32. The van der Waals surface area contributed by atoms with Gasteiger partial charge in [0.1, 0.15) is 6.54 Å². The molecule has 0 aliphatic heterocycles. The molecular formula is C20H20N6O2. The minimum atomic E-state index is -0.441. The molecular weight excluding hydrogens is 356 g/mol. The summed E-state index contributed by atoms with van der Waals surface area (Å²) in [5, 5.41) is 12.0. The van der Waals surface area contributed by atoms with E-state index in [1.165, 1.54) is 22.3 Å². The van der Waals surface area contributed by atoms with Crippen molar-refractivity contribution in [3.05, 3.63) is 65.2 Å². The lowest BCUT2D eigenvalue weighted by Gasteiger charge is -2.16. The third-order valence-corrected chi connectivity index (χ3v) is 4.70. The first kappa shape index (κ1) is 17.8. The number of tetrazole rings is 1. The van der Waals surface area contributed by atoms with E-state index >= 15 is 0 Å². The van der Waals surface area contributed by atoms with Crippen molar-refractivity contribution >= 4 is 11.8 Å². The lowest BCUT2D eigenvalue weighted by atomic mass is 9.90. The van der Waals surface area contributed by atoms with Gasteiger partial charge in [-0.1, -0.05) is 36.4 Å². The maximum absolute atomic E-state index is 12.3. The number of aryl methyl sites for hydroxylation is 2. The van der Waals surface area contributed by atoms with E-state index in [9.17, 15) is 9.59 Å². The highest BCUT2D eigenvalue weighted by Crippen LogP contribution is 2.22. The Kier molecular flexibility index (Phi) is 5.09. The summed E-state index contributed by atoms with van der Waals surface area (Å²) in [7, 11) is 0. The zero-order valence-electron chi connectivity index (χ0n) is 15.3. The maximum Gasteiger partial charge on any atom is 0.269 e. The van der Waals surface area contributed by atoms with Crippen molar-refractivity contribution in [2.45, 2.75) is 32.2 Å². The zero-order valence-corrected chi connectivity index (χ0v) is 15.3. The molecule has 0 unspecified atom stereocenters. The van der Waals surface area contributed by atoms with Crippen LogP contribution in [0.1, 0.15) is 34.3 Å². The highest BCUT2D eigenvalue weighted by atomic mass is 16.2. The molecule has 2 aromatic carbocycles. The van der Waals surface area contributed by atoms with Crippen molar-refractivity contribution in [3.63, 3.8) is 0 Å². The molecule has 28 heavy (non-hydrogen) atoms. The van der Waals surface area contributed by atoms with E-state index in [-0.39, 0.29) is 12.5 Å². The molecule has 0 fully saturated rings. The second kappa shape index (κ2) is 7.99. The van der Waals surface area contributed by atoms with Crippen LogP contribution in [-0.2, 0) is 24.2 Å². The topological polar surface area (TPSA) is 102 Å². The molecule has 8 nitrogen and oxygen atoms in total. The van der Waals surface area contributed by atoms with Crippen molar-refractivity contribution in [1.29, 1.82) is 0 Å². The molecule has 3 aromatic rings. The summed E-state index contributed by atoms with van der Waals surface area (Å²) in [6, 6.07) is 15.1. The average Bonchev–Trinajstić information content (AvgIpc) is 3.20. The van der Waals surface area contributed by atoms with Gasteiger partial charge in [-0.3, -0.25) is 20.4 Å². The van der Waals surface area contributed by atoms with Gasteiger partial charge in [-0.15, -0.1) is 10.2 Å². The molecule has 2 N–H and O–H groups in total. The van der Waals surface area contributed by atoms with E-state index in [2.05, 4.69) is 26.3 Å². The summed E-state index contributed by atoms with van der Waals surface area (Å²) in [4.78, 5) is 25.6. The molecule has 0 radical (unpaired) electrons. The lowest BCUT2D eigenvalue weighted by Crippen LogP contribution is -2.43. The zero-order chi connectivity index (χ0) is 19.3. The number of carbonyl (C=O) groups excluding carboxylic acids is 2. The molecule has 0 spiro atoms. The van der Waals surface area contributed by atoms with Gasteiger partial charge in [-0.2, -0.15) is 4.80 Å². The summed E-state index contributed by atoms with van der Waals surface area (Å²) in [5.74, 6) is -0.354. The summed E-state index contributed by atoms with van der Waals surface area (Å²) in [5.41, 5.74) is 8.69. The van der Waals surface area contributed by atoms with Gasteiger partial charge in [0.25, 0.3) is 11.8 Å². The van der Waals surface area contributed by atoms with Crippen molar-refractivity contribution < 1.29 is 9.59 Å². The van der Waals surface area contributed by atoms with Gasteiger partial charge in [0.15, 0.2) is 0 Å². The molecule has 0 bridgehead atoms. The minimum absolute atomic E-state index is 0.149. The minimum Gasteiger partial charge on any atom is -0.271 e. The molecule has 4 rings (SSSR count). The number of hydrogen-bond donors (Lipinski definition) is 2. The SMILES string of the molecule is O=C(Cn1nnc(-c2ccccc2)n1)NNC(=O)c1ccc2c(c1)CCCC2. The highest BCUT2D eigenvalue weighted by Gasteiger charge is 2.14. The van der Waals surface area contributed by atoms with E-state index in [4.69, 9.17) is 0 Å². The van der Waals surface area contributed by atoms with Crippen LogP contribution in [-0.4, -0.2) is 32.0 Å². The van der Waals surface area contributed by atoms with Crippen LogP contribution < -0.4 is 10.9 Å².